The minimum Gasteiger partial charge on any atom is -0.288 e. The van der Waals surface area contributed by atoms with E-state index in [1.807, 2.05) is 0 Å². The molecule has 4 unspecified atom stereocenters. The van der Waals surface area contributed by atoms with Crippen LogP contribution in [0.4, 0.5) is 44.6 Å². The lowest BCUT2D eigenvalue weighted by Crippen LogP contribution is -2.13. The van der Waals surface area contributed by atoms with Gasteiger partial charge in [0.05, 0.1) is 0 Å². The van der Waals surface area contributed by atoms with Gasteiger partial charge in [0.15, 0.2) is 31.0 Å². The zero-order valence-corrected chi connectivity index (χ0v) is 34.9. The fraction of sp³-hybridized carbons (Fsp3) is 0.833. The van der Waals surface area contributed by atoms with Crippen LogP contribution in [0.2, 0.25) is 0 Å². The van der Waals surface area contributed by atoms with Crippen LogP contribution in [0.3, 0.4) is 0 Å². The van der Waals surface area contributed by atoms with Crippen LogP contribution in [0.1, 0.15) is 83.1 Å². The largest absolute Gasteiger partial charge is 0.288 e. The van der Waals surface area contributed by atoms with E-state index in [0.29, 0.717) is 30.6 Å². The first kappa shape index (κ1) is 56.1. The Morgan fingerprint density at radius 1 is 0.533 bits per heavy atom. The predicted octanol–water partition coefficient (Wildman–Crippen LogP) is 14.7. The quantitative estimate of drug-likeness (QED) is 0.110. The number of alkyl halides is 8. The molecule has 21 heteroatoms. The van der Waals surface area contributed by atoms with Gasteiger partial charge in [-0.3, -0.25) is 14.9 Å². The maximum Gasteiger partial charge on any atom is 0.251 e. The third kappa shape index (κ3) is 61.4. The van der Waals surface area contributed by atoms with Gasteiger partial charge in [-0.2, -0.15) is 0 Å². The molecular formula is C24H42F9NOS10. The van der Waals surface area contributed by atoms with Crippen molar-refractivity contribution in [2.45, 2.75) is 125 Å². The Morgan fingerprint density at radius 3 is 0.933 bits per heavy atom. The SMILES string of the molecule is CC(C)(F)SC(=N)SC(C)(C)F.CC(C)(F)SC(=S)SC(C)(C)F.CC(F)SC(=O)SC(C)F.CC(F)SC(=S)SC(C)F.F. The molecule has 0 fully saturated rings. The number of carbonyl (C=O) groups excluding carboxylic acids is 1. The molecule has 0 spiro atoms. The number of thioether (sulfide) groups is 8. The summed E-state index contributed by atoms with van der Waals surface area (Å²) in [6.45, 7) is 16.2. The van der Waals surface area contributed by atoms with Gasteiger partial charge in [0.25, 0.3) is 4.45 Å². The van der Waals surface area contributed by atoms with Crippen LogP contribution in [0, 0.1) is 5.41 Å². The molecule has 2 nitrogen and oxygen atoms in total. The van der Waals surface area contributed by atoms with Gasteiger partial charge in [0.1, 0.15) is 22.4 Å². The summed E-state index contributed by atoms with van der Waals surface area (Å²) in [6.07, 6.45) is 0. The molecular weight excluding hydrogens is 810 g/mol. The Hall–Kier alpha value is 1.69. The maximum absolute atomic E-state index is 13.0. The van der Waals surface area contributed by atoms with E-state index in [-0.39, 0.29) is 9.08 Å². The average Bonchev–Trinajstić information content (AvgIpc) is 2.60. The van der Waals surface area contributed by atoms with Crippen LogP contribution < -0.4 is 0 Å². The van der Waals surface area contributed by atoms with E-state index in [0.717, 1.165) is 70.6 Å². The fourth-order valence-corrected chi connectivity index (χ4v) is 10.9. The molecule has 4 atom stereocenters. The minimum absolute atomic E-state index is 0. The first-order chi connectivity index (χ1) is 19.2. The van der Waals surface area contributed by atoms with Crippen molar-refractivity contribution in [3.63, 3.8) is 0 Å². The summed E-state index contributed by atoms with van der Waals surface area (Å²) in [6, 6.07) is 0. The van der Waals surface area contributed by atoms with Crippen molar-refractivity contribution in [1.29, 1.82) is 5.41 Å². The molecule has 0 bridgehead atoms. The first-order valence-corrected chi connectivity index (χ1v) is 19.8. The van der Waals surface area contributed by atoms with Crippen molar-refractivity contribution < 1.29 is 44.6 Å². The van der Waals surface area contributed by atoms with E-state index in [1.165, 1.54) is 83.1 Å². The van der Waals surface area contributed by atoms with E-state index >= 15 is 0 Å². The molecule has 0 saturated carbocycles. The second kappa shape index (κ2) is 27.4. The van der Waals surface area contributed by atoms with Gasteiger partial charge in [0.2, 0.25) is 0 Å². The molecule has 45 heavy (non-hydrogen) atoms. The van der Waals surface area contributed by atoms with E-state index < -0.39 is 46.5 Å². The molecule has 0 aliphatic heterocycles. The molecule has 272 valence electrons. The van der Waals surface area contributed by atoms with Crippen molar-refractivity contribution in [1.82, 2.24) is 0 Å². The molecule has 0 heterocycles. The Balaban J connectivity index is -0.000000157. The highest BCUT2D eigenvalue weighted by atomic mass is 32.2. The lowest BCUT2D eigenvalue weighted by Gasteiger charge is -2.17. The lowest BCUT2D eigenvalue weighted by atomic mass is 10.5. The van der Waals surface area contributed by atoms with Gasteiger partial charge in [0, 0.05) is 0 Å². The van der Waals surface area contributed by atoms with Gasteiger partial charge in [-0.15, -0.1) is 0 Å². The van der Waals surface area contributed by atoms with Crippen LogP contribution in [0.25, 0.3) is 0 Å². The van der Waals surface area contributed by atoms with Crippen molar-refractivity contribution in [2.24, 2.45) is 0 Å². The van der Waals surface area contributed by atoms with Crippen LogP contribution in [0.15, 0.2) is 0 Å². The molecule has 1 N–H and O–H groups in total. The van der Waals surface area contributed by atoms with Crippen molar-refractivity contribution in [3.05, 3.63) is 0 Å². The van der Waals surface area contributed by atoms with Crippen LogP contribution >= 0.6 is 119 Å². The number of nitrogens with one attached hydrogen (secondary N) is 1. The van der Waals surface area contributed by atoms with Crippen molar-refractivity contribution in [3.8, 4) is 0 Å². The summed E-state index contributed by atoms with van der Waals surface area (Å²) < 4.78 is 100. The summed E-state index contributed by atoms with van der Waals surface area (Å²) >= 11 is 15.4. The van der Waals surface area contributed by atoms with E-state index in [1.54, 1.807) is 0 Å². The molecule has 0 amide bonds. The molecule has 0 aromatic heterocycles. The fourth-order valence-electron chi connectivity index (χ4n) is 1.46. The molecule has 0 rings (SSSR count). The lowest BCUT2D eigenvalue weighted by molar-refractivity contribution is 0.276. The highest BCUT2D eigenvalue weighted by Crippen LogP contribution is 2.38. The van der Waals surface area contributed by atoms with Gasteiger partial charge in [-0.05, 0) is 107 Å². The van der Waals surface area contributed by atoms with Crippen molar-refractivity contribution >= 4 is 134 Å². The molecule has 0 saturated heterocycles. The number of hydrogen-bond acceptors (Lipinski definition) is 12. The van der Waals surface area contributed by atoms with Gasteiger partial charge < -0.3 is 0 Å². The topological polar surface area (TPSA) is 40.9 Å². The standard InChI is InChI=1S/C7H13F2NS2.C7H12F2S3.C5H8F2OS2.C5H8F2S3.FH/c2*1-6(2,8)11-5(10)12-7(3,4)9;2*1-3(6)9-5(8)10-4(2)7;/h10H,1-4H3;1-4H3;2*3-4H,1-2H3;1H. The maximum atomic E-state index is 13.0. The van der Waals surface area contributed by atoms with Crippen LogP contribution in [0.5, 0.6) is 0 Å². The summed E-state index contributed by atoms with van der Waals surface area (Å²) in [5, 5.41) is 1.39. The van der Waals surface area contributed by atoms with E-state index in [2.05, 4.69) is 12.2 Å². The van der Waals surface area contributed by atoms with Gasteiger partial charge >= 0.3 is 0 Å². The van der Waals surface area contributed by atoms with Gasteiger partial charge in [-0.1, -0.05) is 95.0 Å². The normalized spacial score (nSPS) is 14.3. The highest BCUT2D eigenvalue weighted by Gasteiger charge is 2.26. The predicted molar refractivity (Wildman–Crippen MR) is 205 cm³/mol. The van der Waals surface area contributed by atoms with E-state index in [9.17, 15) is 39.9 Å². The minimum atomic E-state index is -1.50. The second-order valence-corrected chi connectivity index (χ2v) is 23.9. The number of hydrogen-bond donors (Lipinski definition) is 1. The van der Waals surface area contributed by atoms with Crippen molar-refractivity contribution in [2.75, 3.05) is 0 Å². The summed E-state index contributed by atoms with van der Waals surface area (Å²) in [5.74, 6) is 0. The Kier molecular flexibility index (Phi) is 34.2. The summed E-state index contributed by atoms with van der Waals surface area (Å²) in [4.78, 5) is 10.5. The molecule has 0 radical (unpaired) electrons. The smallest absolute Gasteiger partial charge is 0.251 e. The number of carbonyl (C=O) groups is 1. The average molecular weight is 852 g/mol. The molecule has 0 aliphatic rings. The molecule has 0 aromatic rings. The molecule has 0 aliphatic carbocycles. The molecule has 0 aromatic carbocycles. The van der Waals surface area contributed by atoms with Gasteiger partial charge in [-0.25, -0.2) is 35.1 Å². The second-order valence-electron chi connectivity index (χ2n) is 9.54. The third-order valence-electron chi connectivity index (χ3n) is 2.36. The van der Waals surface area contributed by atoms with Crippen LogP contribution in [-0.2, 0) is 0 Å². The Labute approximate surface area is 307 Å². The monoisotopic (exact) mass is 851 g/mol. The number of thiocarbonyl (C=S) groups is 2. The summed E-state index contributed by atoms with van der Waals surface area (Å²) in [7, 11) is 0. The zero-order valence-electron chi connectivity index (χ0n) is 26.7. The first-order valence-electron chi connectivity index (χ1n) is 12.2. The zero-order chi connectivity index (χ0) is 36.3. The Bertz CT molecular complexity index is 713. The van der Waals surface area contributed by atoms with E-state index in [4.69, 9.17) is 17.6 Å². The highest BCUT2D eigenvalue weighted by molar-refractivity contribution is 8.48. The number of rotatable bonds is 8. The number of halogens is 9. The van der Waals surface area contributed by atoms with Crippen LogP contribution in [-0.4, -0.2) is 57.9 Å². The third-order valence-corrected chi connectivity index (χ3v) is 10.3. The summed E-state index contributed by atoms with van der Waals surface area (Å²) in [5.41, 5.74) is -4.59. The Morgan fingerprint density at radius 2 is 0.756 bits per heavy atom.